The fraction of sp³-hybridized carbons (Fsp3) is 0.130. The Labute approximate surface area is 189 Å². The van der Waals surface area contributed by atoms with E-state index in [1.807, 2.05) is 30.3 Å². The van der Waals surface area contributed by atoms with E-state index >= 15 is 0 Å². The molecule has 31 heavy (non-hydrogen) atoms. The number of hydrogen-bond acceptors (Lipinski definition) is 4. The van der Waals surface area contributed by atoms with Crippen molar-refractivity contribution < 1.29 is 19.1 Å². The van der Waals surface area contributed by atoms with E-state index in [0.29, 0.717) is 45.9 Å². The third-order valence-corrected chi connectivity index (χ3v) is 5.41. The first-order chi connectivity index (χ1) is 15.0. The number of hydrogen-bond donors (Lipinski definition) is 1. The van der Waals surface area contributed by atoms with Crippen LogP contribution in [-0.2, 0) is 4.79 Å². The van der Waals surface area contributed by atoms with Crippen LogP contribution in [0.3, 0.4) is 0 Å². The lowest BCUT2D eigenvalue weighted by Gasteiger charge is -2.29. The topological polar surface area (TPSA) is 67.9 Å². The molecule has 0 atom stereocenters. The minimum absolute atomic E-state index is 0.0483. The molecule has 8 heteroatoms. The molecule has 6 nitrogen and oxygen atoms in total. The first-order valence-electron chi connectivity index (χ1n) is 9.53. The summed E-state index contributed by atoms with van der Waals surface area (Å²) in [7, 11) is 0. The number of nitrogens with zero attached hydrogens (tertiary/aromatic N) is 1. The van der Waals surface area contributed by atoms with E-state index < -0.39 is 0 Å². The van der Waals surface area contributed by atoms with Crippen LogP contribution in [0.5, 0.6) is 11.5 Å². The molecule has 0 saturated heterocycles. The maximum absolute atomic E-state index is 12.6. The zero-order valence-corrected chi connectivity index (χ0v) is 17.8. The molecule has 0 aliphatic carbocycles. The Kier molecular flexibility index (Phi) is 6.30. The van der Waals surface area contributed by atoms with Gasteiger partial charge in [-0.2, -0.15) is 0 Å². The molecule has 0 bridgehead atoms. The molecule has 3 aromatic carbocycles. The second kappa shape index (κ2) is 9.29. The number of anilines is 2. The van der Waals surface area contributed by atoms with E-state index in [0.717, 1.165) is 5.75 Å². The van der Waals surface area contributed by atoms with Crippen molar-refractivity contribution in [2.24, 2.45) is 0 Å². The number of amides is 2. The van der Waals surface area contributed by atoms with Crippen molar-refractivity contribution >= 4 is 46.4 Å². The molecule has 1 aliphatic rings. The predicted molar refractivity (Wildman–Crippen MR) is 121 cm³/mol. The predicted octanol–water partition coefficient (Wildman–Crippen LogP) is 5.05. The van der Waals surface area contributed by atoms with Gasteiger partial charge in [-0.05, 0) is 48.5 Å². The first-order valence-corrected chi connectivity index (χ1v) is 10.3. The molecular weight excluding hydrogens is 439 g/mol. The van der Waals surface area contributed by atoms with Gasteiger partial charge in [0, 0.05) is 11.3 Å². The summed E-state index contributed by atoms with van der Waals surface area (Å²) in [6.07, 6.45) is 0. The van der Waals surface area contributed by atoms with Gasteiger partial charge in [-0.1, -0.05) is 41.4 Å². The summed E-state index contributed by atoms with van der Waals surface area (Å²) in [5.41, 5.74) is 1.45. The van der Waals surface area contributed by atoms with E-state index in [4.69, 9.17) is 32.7 Å². The molecule has 158 valence electrons. The number of para-hydroxylation sites is 1. The van der Waals surface area contributed by atoms with Crippen LogP contribution >= 0.6 is 23.2 Å². The quantitative estimate of drug-likeness (QED) is 0.563. The van der Waals surface area contributed by atoms with Crippen LogP contribution in [0.25, 0.3) is 0 Å². The Bertz CT molecular complexity index is 1120. The zero-order chi connectivity index (χ0) is 21.8. The highest BCUT2D eigenvalue weighted by Gasteiger charge is 2.26. The highest BCUT2D eigenvalue weighted by molar-refractivity contribution is 6.42. The smallest absolute Gasteiger partial charge is 0.265 e. The summed E-state index contributed by atoms with van der Waals surface area (Å²) in [5.74, 6) is 0.760. The van der Waals surface area contributed by atoms with Crippen molar-refractivity contribution in [3.05, 3.63) is 82.3 Å². The van der Waals surface area contributed by atoms with E-state index in [2.05, 4.69) is 5.32 Å². The monoisotopic (exact) mass is 456 g/mol. The molecule has 0 spiro atoms. The van der Waals surface area contributed by atoms with Crippen molar-refractivity contribution in [2.45, 2.75) is 0 Å². The maximum atomic E-state index is 12.6. The van der Waals surface area contributed by atoms with Gasteiger partial charge in [0.1, 0.15) is 18.1 Å². The van der Waals surface area contributed by atoms with E-state index in [1.54, 1.807) is 35.2 Å². The average Bonchev–Trinajstić information content (AvgIpc) is 2.78. The largest absolute Gasteiger partial charge is 0.492 e. The summed E-state index contributed by atoms with van der Waals surface area (Å²) in [4.78, 5) is 26.6. The minimum Gasteiger partial charge on any atom is -0.492 e. The molecule has 0 fully saturated rings. The Balaban J connectivity index is 1.49. The second-order valence-corrected chi connectivity index (χ2v) is 7.58. The van der Waals surface area contributed by atoms with Gasteiger partial charge in [0.05, 0.1) is 22.3 Å². The van der Waals surface area contributed by atoms with Gasteiger partial charge in [0.2, 0.25) is 0 Å². The molecule has 0 saturated carbocycles. The Morgan fingerprint density at radius 3 is 2.61 bits per heavy atom. The maximum Gasteiger partial charge on any atom is 0.265 e. The molecule has 1 heterocycles. The van der Waals surface area contributed by atoms with Crippen molar-refractivity contribution in [3.8, 4) is 11.5 Å². The van der Waals surface area contributed by atoms with Crippen LogP contribution in [0, 0.1) is 0 Å². The molecule has 1 aliphatic heterocycles. The lowest BCUT2D eigenvalue weighted by molar-refractivity contribution is -0.121. The normalized spacial score (nSPS) is 12.7. The number of carbonyl (C=O) groups is 2. The summed E-state index contributed by atoms with van der Waals surface area (Å²) in [5, 5.41) is 3.47. The van der Waals surface area contributed by atoms with Gasteiger partial charge in [-0.25, -0.2) is 0 Å². The third kappa shape index (κ3) is 4.93. The van der Waals surface area contributed by atoms with Gasteiger partial charge in [0.25, 0.3) is 11.8 Å². The number of fused-ring (bicyclic) bond motifs is 1. The van der Waals surface area contributed by atoms with Crippen LogP contribution in [0.1, 0.15) is 10.4 Å². The van der Waals surface area contributed by atoms with E-state index in [1.165, 1.54) is 6.07 Å². The van der Waals surface area contributed by atoms with E-state index in [-0.39, 0.29) is 18.4 Å². The van der Waals surface area contributed by atoms with Crippen LogP contribution in [0.2, 0.25) is 10.0 Å². The number of halogens is 2. The van der Waals surface area contributed by atoms with Gasteiger partial charge in [-0.3, -0.25) is 9.59 Å². The molecule has 3 aromatic rings. The Morgan fingerprint density at radius 2 is 1.84 bits per heavy atom. The van der Waals surface area contributed by atoms with Gasteiger partial charge >= 0.3 is 0 Å². The lowest BCUT2D eigenvalue weighted by atomic mass is 10.1. The Hall–Kier alpha value is -3.22. The molecular formula is C23H18Cl2N2O4. The van der Waals surface area contributed by atoms with Gasteiger partial charge < -0.3 is 19.7 Å². The first kappa shape index (κ1) is 21.0. The SMILES string of the molecule is O=C(Nc1ccc2c(c1)N(CCOc1ccccc1)C(=O)CO2)c1ccc(Cl)c(Cl)c1. The number of benzene rings is 3. The fourth-order valence-electron chi connectivity index (χ4n) is 3.14. The third-order valence-electron chi connectivity index (χ3n) is 4.67. The van der Waals surface area contributed by atoms with Crippen molar-refractivity contribution in [2.75, 3.05) is 30.0 Å². The molecule has 0 aromatic heterocycles. The van der Waals surface area contributed by atoms with Crippen molar-refractivity contribution in [1.29, 1.82) is 0 Å². The number of nitrogens with one attached hydrogen (secondary N) is 1. The van der Waals surface area contributed by atoms with Crippen LogP contribution in [0.15, 0.2) is 66.7 Å². The molecule has 2 amide bonds. The number of rotatable bonds is 6. The summed E-state index contributed by atoms with van der Waals surface area (Å²) < 4.78 is 11.2. The second-order valence-electron chi connectivity index (χ2n) is 6.76. The summed E-state index contributed by atoms with van der Waals surface area (Å²) >= 11 is 11.9. The number of carbonyl (C=O) groups excluding carboxylic acids is 2. The standard InChI is InChI=1S/C23H18Cl2N2O4/c24-18-8-6-15(12-19(18)25)23(29)26-16-7-9-21-20(13-16)27(22(28)14-31-21)10-11-30-17-4-2-1-3-5-17/h1-9,12-13H,10-11,14H2,(H,26,29). The van der Waals surface area contributed by atoms with Crippen LogP contribution < -0.4 is 19.7 Å². The number of ether oxygens (including phenoxy) is 2. The molecule has 4 rings (SSSR count). The van der Waals surface area contributed by atoms with Crippen LogP contribution in [-0.4, -0.2) is 31.6 Å². The van der Waals surface area contributed by atoms with Crippen LogP contribution in [0.4, 0.5) is 11.4 Å². The molecule has 1 N–H and O–H groups in total. The molecule has 0 unspecified atom stereocenters. The molecule has 0 radical (unpaired) electrons. The summed E-state index contributed by atoms with van der Waals surface area (Å²) in [6.45, 7) is 0.608. The van der Waals surface area contributed by atoms with Gasteiger partial charge in [-0.15, -0.1) is 0 Å². The Morgan fingerprint density at radius 1 is 1.03 bits per heavy atom. The summed E-state index contributed by atoms with van der Waals surface area (Å²) in [6, 6.07) is 19.1. The van der Waals surface area contributed by atoms with Gasteiger partial charge in [0.15, 0.2) is 6.61 Å². The van der Waals surface area contributed by atoms with E-state index in [9.17, 15) is 9.59 Å². The highest BCUT2D eigenvalue weighted by atomic mass is 35.5. The van der Waals surface area contributed by atoms with Crippen molar-refractivity contribution in [3.63, 3.8) is 0 Å². The lowest BCUT2D eigenvalue weighted by Crippen LogP contribution is -2.41. The fourth-order valence-corrected chi connectivity index (χ4v) is 3.44. The zero-order valence-electron chi connectivity index (χ0n) is 16.3. The average molecular weight is 457 g/mol. The highest BCUT2D eigenvalue weighted by Crippen LogP contribution is 2.34. The minimum atomic E-state index is -0.347. The van der Waals surface area contributed by atoms with Crippen molar-refractivity contribution in [1.82, 2.24) is 0 Å².